The van der Waals surface area contributed by atoms with E-state index < -0.39 is 0 Å². The van der Waals surface area contributed by atoms with Crippen LogP contribution in [-0.4, -0.2) is 21.8 Å². The van der Waals surface area contributed by atoms with Crippen LogP contribution in [0.25, 0.3) is 5.69 Å². The Hall–Kier alpha value is -2.05. The Labute approximate surface area is 148 Å². The van der Waals surface area contributed by atoms with Gasteiger partial charge in [-0.3, -0.25) is 14.3 Å². The van der Waals surface area contributed by atoms with Gasteiger partial charge in [-0.25, -0.2) is 4.68 Å². The molecule has 0 saturated heterocycles. The maximum atomic E-state index is 12.7. The zero-order valence-electron chi connectivity index (χ0n) is 14.5. The second-order valence-electron chi connectivity index (χ2n) is 6.53. The van der Waals surface area contributed by atoms with Gasteiger partial charge in [0.2, 0.25) is 5.91 Å². The molecule has 1 aromatic carbocycles. The molecular formula is C17H25ClN4O2. The average molecular weight is 353 g/mol. The van der Waals surface area contributed by atoms with E-state index >= 15 is 0 Å². The highest BCUT2D eigenvalue weighted by molar-refractivity contribution is 5.91. The molecule has 6 nitrogen and oxygen atoms in total. The fraction of sp³-hybridized carbons (Fsp3) is 0.412. The Bertz CT molecular complexity index is 763. The van der Waals surface area contributed by atoms with Crippen LogP contribution in [0.5, 0.6) is 0 Å². The first-order valence-corrected chi connectivity index (χ1v) is 7.61. The van der Waals surface area contributed by atoms with Gasteiger partial charge in [-0.2, -0.15) is 0 Å². The maximum Gasteiger partial charge on any atom is 0.295 e. The number of hydrogen-bond donors (Lipinski definition) is 2. The third-order valence-corrected chi connectivity index (χ3v) is 4.01. The molecule has 24 heavy (non-hydrogen) atoms. The highest BCUT2D eigenvalue weighted by Gasteiger charge is 2.23. The molecule has 0 radical (unpaired) electrons. The van der Waals surface area contributed by atoms with Crippen LogP contribution in [0.15, 0.2) is 35.1 Å². The molecule has 1 amide bonds. The van der Waals surface area contributed by atoms with Crippen LogP contribution in [0.4, 0.5) is 5.69 Å². The van der Waals surface area contributed by atoms with Crippen molar-refractivity contribution >= 4 is 24.0 Å². The normalized spacial score (nSPS) is 11.0. The standard InChI is InChI=1S/C17H24N4O2.ClH/c1-12-15(19-14(22)10-17(2,3)11-18)16(23)21(20(12)4)13-8-6-5-7-9-13;/h5-9H,10-11,18H2,1-4H3,(H,19,22);1H. The molecule has 0 spiro atoms. The summed E-state index contributed by atoms with van der Waals surface area (Å²) in [4.78, 5) is 24.9. The largest absolute Gasteiger partial charge is 0.330 e. The van der Waals surface area contributed by atoms with E-state index in [4.69, 9.17) is 5.73 Å². The van der Waals surface area contributed by atoms with E-state index in [1.165, 1.54) is 0 Å². The van der Waals surface area contributed by atoms with Gasteiger partial charge in [0, 0.05) is 13.5 Å². The van der Waals surface area contributed by atoms with Crippen molar-refractivity contribution in [3.05, 3.63) is 46.4 Å². The van der Waals surface area contributed by atoms with Gasteiger partial charge in [-0.1, -0.05) is 32.0 Å². The lowest BCUT2D eigenvalue weighted by Gasteiger charge is -2.21. The first-order valence-electron chi connectivity index (χ1n) is 7.61. The van der Waals surface area contributed by atoms with Crippen LogP contribution in [0.1, 0.15) is 26.0 Å². The van der Waals surface area contributed by atoms with Gasteiger partial charge in [-0.05, 0) is 31.0 Å². The number of nitrogens with two attached hydrogens (primary N) is 1. The highest BCUT2D eigenvalue weighted by Crippen LogP contribution is 2.20. The smallest absolute Gasteiger partial charge is 0.295 e. The second kappa shape index (κ2) is 7.68. The minimum atomic E-state index is -0.300. The zero-order chi connectivity index (χ0) is 17.2. The summed E-state index contributed by atoms with van der Waals surface area (Å²) in [7, 11) is 1.79. The van der Waals surface area contributed by atoms with Crippen molar-refractivity contribution in [3.63, 3.8) is 0 Å². The lowest BCUT2D eigenvalue weighted by Crippen LogP contribution is -2.30. The van der Waals surface area contributed by atoms with Gasteiger partial charge in [0.25, 0.3) is 5.56 Å². The number of carbonyl (C=O) groups is 1. The molecule has 0 fully saturated rings. The molecule has 0 bridgehead atoms. The van der Waals surface area contributed by atoms with E-state index in [2.05, 4.69) is 5.32 Å². The molecule has 0 aliphatic rings. The molecule has 2 rings (SSSR count). The number of rotatable bonds is 5. The monoisotopic (exact) mass is 352 g/mol. The van der Waals surface area contributed by atoms with Gasteiger partial charge in [0.05, 0.1) is 11.4 Å². The summed E-state index contributed by atoms with van der Waals surface area (Å²) in [6, 6.07) is 9.33. The minimum absolute atomic E-state index is 0. The number of halogens is 1. The number of aromatic nitrogens is 2. The molecule has 0 unspecified atom stereocenters. The van der Waals surface area contributed by atoms with Crippen LogP contribution in [0.2, 0.25) is 0 Å². The van der Waals surface area contributed by atoms with Crippen molar-refractivity contribution in [1.29, 1.82) is 0 Å². The lowest BCUT2D eigenvalue weighted by molar-refractivity contribution is -0.117. The fourth-order valence-electron chi connectivity index (χ4n) is 2.40. The molecule has 1 heterocycles. The van der Waals surface area contributed by atoms with Crippen molar-refractivity contribution in [3.8, 4) is 5.69 Å². The number of carbonyl (C=O) groups excluding carboxylic acids is 1. The molecule has 7 heteroatoms. The molecule has 0 atom stereocenters. The molecular weight excluding hydrogens is 328 g/mol. The van der Waals surface area contributed by atoms with E-state index in [9.17, 15) is 9.59 Å². The van der Waals surface area contributed by atoms with Gasteiger partial charge >= 0.3 is 0 Å². The zero-order valence-corrected chi connectivity index (χ0v) is 15.3. The summed E-state index contributed by atoms with van der Waals surface area (Å²) in [5, 5.41) is 2.75. The average Bonchev–Trinajstić information content (AvgIpc) is 2.71. The van der Waals surface area contributed by atoms with Crippen molar-refractivity contribution in [2.75, 3.05) is 11.9 Å². The lowest BCUT2D eigenvalue weighted by atomic mass is 9.89. The first kappa shape index (κ1) is 20.0. The summed E-state index contributed by atoms with van der Waals surface area (Å²) in [5.41, 5.74) is 6.90. The van der Waals surface area contributed by atoms with Crippen LogP contribution < -0.4 is 16.6 Å². The number of nitrogens with zero attached hydrogens (tertiary/aromatic N) is 2. The van der Waals surface area contributed by atoms with Crippen molar-refractivity contribution in [1.82, 2.24) is 9.36 Å². The Balaban J connectivity index is 0.00000288. The fourth-order valence-corrected chi connectivity index (χ4v) is 2.40. The van der Waals surface area contributed by atoms with Gasteiger partial charge in [0.15, 0.2) is 0 Å². The van der Waals surface area contributed by atoms with Gasteiger partial charge in [-0.15, -0.1) is 12.4 Å². The topological polar surface area (TPSA) is 82.1 Å². The predicted octanol–water partition coefficient (Wildman–Crippen LogP) is 2.22. The summed E-state index contributed by atoms with van der Waals surface area (Å²) in [6.07, 6.45) is 0.266. The number of nitrogens with one attached hydrogen (secondary N) is 1. The van der Waals surface area contributed by atoms with E-state index in [-0.39, 0.29) is 35.7 Å². The quantitative estimate of drug-likeness (QED) is 0.865. The molecule has 132 valence electrons. The number of amides is 1. The Morgan fingerprint density at radius 2 is 1.83 bits per heavy atom. The van der Waals surface area contributed by atoms with Crippen LogP contribution in [-0.2, 0) is 11.8 Å². The van der Waals surface area contributed by atoms with Gasteiger partial charge < -0.3 is 11.1 Å². The molecule has 2 aromatic rings. The van der Waals surface area contributed by atoms with E-state index in [1.54, 1.807) is 16.4 Å². The number of benzene rings is 1. The van der Waals surface area contributed by atoms with Crippen LogP contribution in [0.3, 0.4) is 0 Å². The van der Waals surface area contributed by atoms with E-state index in [0.29, 0.717) is 17.9 Å². The minimum Gasteiger partial charge on any atom is -0.330 e. The molecule has 3 N–H and O–H groups in total. The molecule has 0 aliphatic carbocycles. The van der Waals surface area contributed by atoms with Crippen LogP contribution in [0, 0.1) is 12.3 Å². The van der Waals surface area contributed by atoms with Gasteiger partial charge in [0.1, 0.15) is 5.69 Å². The Morgan fingerprint density at radius 3 is 2.38 bits per heavy atom. The third kappa shape index (κ3) is 4.07. The first-order chi connectivity index (χ1) is 10.8. The summed E-state index contributed by atoms with van der Waals surface area (Å²) >= 11 is 0. The molecule has 0 saturated carbocycles. The number of anilines is 1. The Kier molecular flexibility index (Phi) is 6.40. The van der Waals surface area contributed by atoms with Crippen molar-refractivity contribution in [2.45, 2.75) is 27.2 Å². The number of para-hydroxylation sites is 1. The third-order valence-electron chi connectivity index (χ3n) is 4.01. The van der Waals surface area contributed by atoms with Crippen LogP contribution >= 0.6 is 12.4 Å². The SMILES string of the molecule is Cc1c(NC(=O)CC(C)(C)CN)c(=O)n(-c2ccccc2)n1C.Cl. The second-order valence-corrected chi connectivity index (χ2v) is 6.53. The highest BCUT2D eigenvalue weighted by atomic mass is 35.5. The predicted molar refractivity (Wildman–Crippen MR) is 99.1 cm³/mol. The summed E-state index contributed by atoms with van der Waals surface area (Å²) in [6.45, 7) is 6.06. The summed E-state index contributed by atoms with van der Waals surface area (Å²) < 4.78 is 3.28. The molecule has 0 aliphatic heterocycles. The van der Waals surface area contributed by atoms with Crippen molar-refractivity contribution < 1.29 is 4.79 Å². The Morgan fingerprint density at radius 1 is 1.25 bits per heavy atom. The number of hydrogen-bond acceptors (Lipinski definition) is 3. The van der Waals surface area contributed by atoms with E-state index in [0.717, 1.165) is 5.69 Å². The van der Waals surface area contributed by atoms with Crippen molar-refractivity contribution in [2.24, 2.45) is 18.2 Å². The molecule has 1 aromatic heterocycles. The summed E-state index contributed by atoms with van der Waals surface area (Å²) in [5.74, 6) is -0.202. The van der Waals surface area contributed by atoms with E-state index in [1.807, 2.05) is 51.1 Å². The maximum absolute atomic E-state index is 12.7.